The summed E-state index contributed by atoms with van der Waals surface area (Å²) in [4.78, 5) is 19.4. The van der Waals surface area contributed by atoms with E-state index in [0.29, 0.717) is 24.7 Å². The topological polar surface area (TPSA) is 83.3 Å². The van der Waals surface area contributed by atoms with Crippen molar-refractivity contribution in [1.82, 2.24) is 25.0 Å². The minimum atomic E-state index is -0.151. The molecule has 1 aliphatic heterocycles. The lowest BCUT2D eigenvalue weighted by Gasteiger charge is -2.28. The van der Waals surface area contributed by atoms with Gasteiger partial charge in [-0.1, -0.05) is 32.0 Å². The molecule has 162 valence electrons. The summed E-state index contributed by atoms with van der Waals surface area (Å²) in [5.41, 5.74) is 4.70. The molecule has 31 heavy (non-hydrogen) atoms. The van der Waals surface area contributed by atoms with Crippen molar-refractivity contribution in [3.63, 3.8) is 0 Å². The Morgan fingerprint density at radius 3 is 2.81 bits per heavy atom. The third-order valence-corrected chi connectivity index (χ3v) is 5.46. The first-order valence-corrected chi connectivity index (χ1v) is 10.8. The van der Waals surface area contributed by atoms with E-state index in [1.54, 1.807) is 24.5 Å². The van der Waals surface area contributed by atoms with Crippen LogP contribution in [0.25, 0.3) is 0 Å². The normalized spacial score (nSPS) is 13.9. The molecule has 0 unspecified atom stereocenters. The van der Waals surface area contributed by atoms with Crippen molar-refractivity contribution in [1.29, 1.82) is 0 Å². The molecule has 0 fully saturated rings. The highest BCUT2D eigenvalue weighted by atomic mass is 16.3. The van der Waals surface area contributed by atoms with Crippen LogP contribution in [-0.2, 0) is 32.6 Å². The lowest BCUT2D eigenvalue weighted by molar-refractivity contribution is 0.0942. The Bertz CT molecular complexity index is 1050. The fourth-order valence-corrected chi connectivity index (χ4v) is 4.04. The standard InChI is InChI=1S/C24H29N5O2/c1-17(2)14-29-22-8-10-28(15-18-5-3-7-20(30)11-18)16-21(22)23(27-29)24(31)26-13-19-6-4-9-25-12-19/h3-7,9,11-12,17,30H,8,10,13-16H2,1-2H3,(H,26,31). The SMILES string of the molecule is CC(C)Cn1nc(C(=O)NCc2cccnc2)c2c1CCN(Cc1cccc(O)c1)C2. The minimum Gasteiger partial charge on any atom is -0.508 e. The molecule has 2 N–H and O–H groups in total. The van der Waals surface area contributed by atoms with E-state index < -0.39 is 0 Å². The van der Waals surface area contributed by atoms with Crippen LogP contribution < -0.4 is 5.32 Å². The average Bonchev–Trinajstić information content (AvgIpc) is 3.10. The van der Waals surface area contributed by atoms with Crippen molar-refractivity contribution in [3.05, 3.63) is 76.9 Å². The number of nitrogens with one attached hydrogen (secondary N) is 1. The Morgan fingerprint density at radius 2 is 2.06 bits per heavy atom. The summed E-state index contributed by atoms with van der Waals surface area (Å²) in [6.07, 6.45) is 4.32. The quantitative estimate of drug-likeness (QED) is 0.615. The highest BCUT2D eigenvalue weighted by molar-refractivity contribution is 5.94. The van der Waals surface area contributed by atoms with Gasteiger partial charge in [0.1, 0.15) is 5.75 Å². The van der Waals surface area contributed by atoms with E-state index >= 15 is 0 Å². The van der Waals surface area contributed by atoms with Crippen LogP contribution >= 0.6 is 0 Å². The molecular weight excluding hydrogens is 390 g/mol. The average molecular weight is 420 g/mol. The Balaban J connectivity index is 1.54. The number of hydrogen-bond acceptors (Lipinski definition) is 5. The number of fused-ring (bicyclic) bond motifs is 1. The van der Waals surface area contributed by atoms with Crippen molar-refractivity contribution < 1.29 is 9.90 Å². The number of carbonyl (C=O) groups is 1. The van der Waals surface area contributed by atoms with Gasteiger partial charge < -0.3 is 10.4 Å². The second-order valence-electron chi connectivity index (χ2n) is 8.52. The van der Waals surface area contributed by atoms with Crippen LogP contribution in [0.4, 0.5) is 0 Å². The predicted octanol–water partition coefficient (Wildman–Crippen LogP) is 3.13. The number of phenols is 1. The summed E-state index contributed by atoms with van der Waals surface area (Å²) in [6, 6.07) is 11.1. The Kier molecular flexibility index (Phi) is 6.32. The summed E-state index contributed by atoms with van der Waals surface area (Å²) in [6.45, 7) is 7.82. The molecule has 0 bridgehead atoms. The first-order chi connectivity index (χ1) is 15.0. The molecule has 1 aromatic carbocycles. The lowest BCUT2D eigenvalue weighted by Crippen LogP contribution is -2.32. The maximum atomic E-state index is 13.0. The van der Waals surface area contributed by atoms with Gasteiger partial charge in [-0.25, -0.2) is 0 Å². The van der Waals surface area contributed by atoms with Gasteiger partial charge in [-0.05, 0) is 35.2 Å². The molecule has 1 amide bonds. The lowest BCUT2D eigenvalue weighted by atomic mass is 10.0. The van der Waals surface area contributed by atoms with E-state index in [2.05, 4.69) is 29.0 Å². The third-order valence-electron chi connectivity index (χ3n) is 5.46. The number of pyridine rings is 1. The van der Waals surface area contributed by atoms with E-state index in [0.717, 1.165) is 48.4 Å². The fraction of sp³-hybridized carbons (Fsp3) is 0.375. The summed E-state index contributed by atoms with van der Waals surface area (Å²) < 4.78 is 2.02. The van der Waals surface area contributed by atoms with Crippen molar-refractivity contribution in [2.24, 2.45) is 5.92 Å². The molecule has 0 aliphatic carbocycles. The highest BCUT2D eigenvalue weighted by Gasteiger charge is 2.28. The van der Waals surface area contributed by atoms with Crippen LogP contribution in [-0.4, -0.2) is 37.2 Å². The van der Waals surface area contributed by atoms with Crippen molar-refractivity contribution in [2.75, 3.05) is 6.54 Å². The number of aromatic nitrogens is 3. The van der Waals surface area contributed by atoms with Gasteiger partial charge in [0.2, 0.25) is 0 Å². The second kappa shape index (κ2) is 9.31. The van der Waals surface area contributed by atoms with Crippen molar-refractivity contribution in [2.45, 2.75) is 46.4 Å². The largest absolute Gasteiger partial charge is 0.508 e. The molecule has 0 saturated carbocycles. The van der Waals surface area contributed by atoms with Crippen LogP contribution in [0.15, 0.2) is 48.8 Å². The van der Waals surface area contributed by atoms with E-state index in [4.69, 9.17) is 5.10 Å². The highest BCUT2D eigenvalue weighted by Crippen LogP contribution is 2.25. The molecule has 3 aromatic rings. The molecule has 0 spiro atoms. The van der Waals surface area contributed by atoms with Gasteiger partial charge in [0, 0.05) is 62.8 Å². The maximum absolute atomic E-state index is 13.0. The van der Waals surface area contributed by atoms with Gasteiger partial charge in [-0.15, -0.1) is 0 Å². The van der Waals surface area contributed by atoms with Crippen LogP contribution in [0.1, 0.15) is 46.7 Å². The number of carbonyl (C=O) groups excluding carboxylic acids is 1. The van der Waals surface area contributed by atoms with Gasteiger partial charge in [0.15, 0.2) is 5.69 Å². The Labute approximate surface area is 182 Å². The van der Waals surface area contributed by atoms with Crippen LogP contribution in [0.3, 0.4) is 0 Å². The van der Waals surface area contributed by atoms with Crippen LogP contribution in [0.5, 0.6) is 5.75 Å². The van der Waals surface area contributed by atoms with Crippen LogP contribution in [0, 0.1) is 5.92 Å². The van der Waals surface area contributed by atoms with Crippen molar-refractivity contribution >= 4 is 5.91 Å². The molecule has 0 atom stereocenters. The number of nitrogens with zero attached hydrogens (tertiary/aromatic N) is 4. The van der Waals surface area contributed by atoms with E-state index in [-0.39, 0.29) is 11.7 Å². The zero-order valence-electron chi connectivity index (χ0n) is 18.1. The number of amides is 1. The Morgan fingerprint density at radius 1 is 1.23 bits per heavy atom. The number of hydrogen-bond donors (Lipinski definition) is 2. The van der Waals surface area contributed by atoms with Crippen molar-refractivity contribution in [3.8, 4) is 5.75 Å². The molecule has 0 saturated heterocycles. The van der Waals surface area contributed by atoms with Gasteiger partial charge in [0.05, 0.1) is 0 Å². The molecule has 7 heteroatoms. The molecule has 0 radical (unpaired) electrons. The summed E-state index contributed by atoms with van der Waals surface area (Å²) in [5, 5.41) is 17.5. The first-order valence-electron chi connectivity index (χ1n) is 10.8. The zero-order chi connectivity index (χ0) is 21.8. The smallest absolute Gasteiger partial charge is 0.272 e. The number of aromatic hydroxyl groups is 1. The molecular formula is C24H29N5O2. The van der Waals surface area contributed by atoms with Gasteiger partial charge in [0.25, 0.3) is 5.91 Å². The molecule has 2 aromatic heterocycles. The minimum absolute atomic E-state index is 0.151. The van der Waals surface area contributed by atoms with Gasteiger partial charge >= 0.3 is 0 Å². The molecule has 1 aliphatic rings. The summed E-state index contributed by atoms with van der Waals surface area (Å²) in [7, 11) is 0. The fourth-order valence-electron chi connectivity index (χ4n) is 4.04. The Hall–Kier alpha value is -3.19. The van der Waals surface area contributed by atoms with Gasteiger partial charge in [-0.2, -0.15) is 5.10 Å². The second-order valence-corrected chi connectivity index (χ2v) is 8.52. The van der Waals surface area contributed by atoms with Crippen LogP contribution in [0.2, 0.25) is 0 Å². The monoisotopic (exact) mass is 419 g/mol. The molecule has 3 heterocycles. The summed E-state index contributed by atoms with van der Waals surface area (Å²) in [5.74, 6) is 0.567. The number of rotatable bonds is 7. The predicted molar refractivity (Wildman–Crippen MR) is 118 cm³/mol. The zero-order valence-corrected chi connectivity index (χ0v) is 18.1. The first kappa shape index (κ1) is 21.1. The van der Waals surface area contributed by atoms with Gasteiger partial charge in [-0.3, -0.25) is 19.4 Å². The number of phenolic OH excluding ortho intramolecular Hbond substituents is 1. The third kappa shape index (κ3) is 5.11. The van der Waals surface area contributed by atoms with E-state index in [9.17, 15) is 9.90 Å². The molecule has 4 rings (SSSR count). The maximum Gasteiger partial charge on any atom is 0.272 e. The summed E-state index contributed by atoms with van der Waals surface area (Å²) >= 11 is 0. The number of benzene rings is 1. The van der Waals surface area contributed by atoms with E-state index in [1.165, 1.54) is 0 Å². The molecule has 7 nitrogen and oxygen atoms in total. The van der Waals surface area contributed by atoms with E-state index in [1.807, 2.05) is 28.9 Å².